The predicted octanol–water partition coefficient (Wildman–Crippen LogP) is 3.90. The zero-order chi connectivity index (χ0) is 14.1. The summed E-state index contributed by atoms with van der Waals surface area (Å²) in [7, 11) is 0. The third-order valence-corrected chi connectivity index (χ3v) is 3.53. The van der Waals surface area contributed by atoms with Gasteiger partial charge < -0.3 is 5.32 Å². The molecule has 20 heavy (non-hydrogen) atoms. The zero-order valence-electron chi connectivity index (χ0n) is 11.8. The maximum Gasteiger partial charge on any atom is 0.161 e. The van der Waals surface area contributed by atoms with Crippen LogP contribution in [-0.2, 0) is 0 Å². The molecule has 0 unspecified atom stereocenters. The third kappa shape index (κ3) is 2.64. The van der Waals surface area contributed by atoms with Crippen molar-refractivity contribution >= 4 is 5.82 Å². The average Bonchev–Trinajstić information content (AvgIpc) is 3.26. The number of nitrogens with zero attached hydrogens (tertiary/aromatic N) is 2. The Morgan fingerprint density at radius 2 is 2.05 bits per heavy atom. The van der Waals surface area contributed by atoms with Crippen LogP contribution in [-0.4, -0.2) is 16.5 Å². The lowest BCUT2D eigenvalue weighted by Crippen LogP contribution is -2.04. The summed E-state index contributed by atoms with van der Waals surface area (Å²) in [5.41, 5.74) is 2.43. The number of hydrogen-bond donors (Lipinski definition) is 1. The third-order valence-electron chi connectivity index (χ3n) is 3.53. The van der Waals surface area contributed by atoms with Gasteiger partial charge >= 0.3 is 0 Å². The molecule has 0 radical (unpaired) electrons. The number of aromatic nitrogens is 2. The number of nitrogens with one attached hydrogen (secondary N) is 1. The lowest BCUT2D eigenvalue weighted by atomic mass is 10.1. The van der Waals surface area contributed by atoms with E-state index in [-0.39, 0.29) is 5.82 Å². The van der Waals surface area contributed by atoms with E-state index < -0.39 is 0 Å². The van der Waals surface area contributed by atoms with Crippen molar-refractivity contribution in [2.45, 2.75) is 32.6 Å². The molecule has 1 aliphatic carbocycles. The first-order valence-electron chi connectivity index (χ1n) is 7.06. The Morgan fingerprint density at radius 3 is 2.70 bits per heavy atom. The lowest BCUT2D eigenvalue weighted by molar-refractivity contribution is 0.619. The van der Waals surface area contributed by atoms with Crippen LogP contribution < -0.4 is 5.32 Å². The normalized spacial score (nSPS) is 14.3. The molecule has 1 N–H and O–H groups in total. The average molecular weight is 271 g/mol. The van der Waals surface area contributed by atoms with Gasteiger partial charge in [0.05, 0.1) is 0 Å². The van der Waals surface area contributed by atoms with Crippen molar-refractivity contribution in [1.29, 1.82) is 0 Å². The van der Waals surface area contributed by atoms with Crippen LogP contribution in [0.5, 0.6) is 0 Å². The Morgan fingerprint density at radius 1 is 1.25 bits per heavy atom. The molecule has 1 aromatic heterocycles. The molecular formula is C16H18FN3. The van der Waals surface area contributed by atoms with Gasteiger partial charge in [0.15, 0.2) is 5.82 Å². The maximum absolute atomic E-state index is 13.7. The van der Waals surface area contributed by atoms with Gasteiger partial charge in [-0.15, -0.1) is 0 Å². The topological polar surface area (TPSA) is 37.8 Å². The quantitative estimate of drug-likeness (QED) is 0.916. The van der Waals surface area contributed by atoms with Gasteiger partial charge in [0.2, 0.25) is 0 Å². The first-order valence-corrected chi connectivity index (χ1v) is 7.06. The molecule has 3 nitrogen and oxygen atoms in total. The number of benzene rings is 1. The standard InChI is InChI=1S/C16H18FN3/c1-3-18-15-9-14(11-6-7-11)19-16(20-15)12-5-4-10(2)13(17)8-12/h4-5,8-9,11H,3,6-7H2,1-2H3,(H,18,19,20). The van der Waals surface area contributed by atoms with Gasteiger partial charge in [0.1, 0.15) is 11.6 Å². The SMILES string of the molecule is CCNc1cc(C2CC2)nc(-c2ccc(C)c(F)c2)n1. The minimum atomic E-state index is -0.215. The van der Waals surface area contributed by atoms with Crippen LogP contribution in [0.4, 0.5) is 10.2 Å². The summed E-state index contributed by atoms with van der Waals surface area (Å²) in [6.45, 7) is 4.59. The molecule has 0 atom stereocenters. The Balaban J connectivity index is 2.04. The minimum absolute atomic E-state index is 0.215. The first kappa shape index (κ1) is 13.0. The van der Waals surface area contributed by atoms with Crippen LogP contribution in [0.2, 0.25) is 0 Å². The first-order chi connectivity index (χ1) is 9.67. The van der Waals surface area contributed by atoms with Crippen LogP contribution in [0.15, 0.2) is 24.3 Å². The van der Waals surface area contributed by atoms with Crippen molar-refractivity contribution in [3.05, 3.63) is 41.3 Å². The van der Waals surface area contributed by atoms with E-state index in [0.717, 1.165) is 23.6 Å². The molecule has 1 heterocycles. The van der Waals surface area contributed by atoms with E-state index in [9.17, 15) is 4.39 Å². The highest BCUT2D eigenvalue weighted by atomic mass is 19.1. The van der Waals surface area contributed by atoms with Crippen LogP contribution in [0, 0.1) is 12.7 Å². The second-order valence-electron chi connectivity index (χ2n) is 5.27. The molecule has 0 amide bonds. The van der Waals surface area contributed by atoms with E-state index in [1.807, 2.05) is 19.1 Å². The van der Waals surface area contributed by atoms with E-state index in [0.29, 0.717) is 17.3 Å². The Kier molecular flexibility index (Phi) is 3.38. The maximum atomic E-state index is 13.7. The van der Waals surface area contributed by atoms with Crippen molar-refractivity contribution in [3.8, 4) is 11.4 Å². The van der Waals surface area contributed by atoms with Gasteiger partial charge in [0, 0.05) is 29.8 Å². The fourth-order valence-electron chi connectivity index (χ4n) is 2.19. The molecule has 0 aliphatic heterocycles. The number of hydrogen-bond acceptors (Lipinski definition) is 3. The molecule has 4 heteroatoms. The van der Waals surface area contributed by atoms with Crippen LogP contribution in [0.3, 0.4) is 0 Å². The van der Waals surface area contributed by atoms with Crippen LogP contribution in [0.25, 0.3) is 11.4 Å². The van der Waals surface area contributed by atoms with Gasteiger partial charge in [-0.1, -0.05) is 12.1 Å². The van der Waals surface area contributed by atoms with E-state index in [1.54, 1.807) is 13.0 Å². The molecule has 1 saturated carbocycles. The summed E-state index contributed by atoms with van der Waals surface area (Å²) < 4.78 is 13.7. The molecule has 0 bridgehead atoms. The number of rotatable bonds is 4. The summed E-state index contributed by atoms with van der Waals surface area (Å²) in [4.78, 5) is 9.09. The predicted molar refractivity (Wildman–Crippen MR) is 78.3 cm³/mol. The molecule has 3 rings (SSSR count). The minimum Gasteiger partial charge on any atom is -0.370 e. The highest BCUT2D eigenvalue weighted by Crippen LogP contribution is 2.40. The van der Waals surface area contributed by atoms with E-state index in [2.05, 4.69) is 15.3 Å². The summed E-state index contributed by atoms with van der Waals surface area (Å²) in [5.74, 6) is 1.75. The molecule has 104 valence electrons. The second-order valence-corrected chi connectivity index (χ2v) is 5.27. The van der Waals surface area contributed by atoms with Crippen molar-refractivity contribution in [2.75, 3.05) is 11.9 Å². The van der Waals surface area contributed by atoms with Crippen LogP contribution >= 0.6 is 0 Å². The van der Waals surface area contributed by atoms with E-state index >= 15 is 0 Å². The smallest absolute Gasteiger partial charge is 0.161 e. The van der Waals surface area contributed by atoms with Gasteiger partial charge in [-0.05, 0) is 38.3 Å². The fourth-order valence-corrected chi connectivity index (χ4v) is 2.19. The molecule has 1 aromatic carbocycles. The summed E-state index contributed by atoms with van der Waals surface area (Å²) in [6.07, 6.45) is 2.37. The van der Waals surface area contributed by atoms with Crippen molar-refractivity contribution in [2.24, 2.45) is 0 Å². The molecule has 0 saturated heterocycles. The van der Waals surface area contributed by atoms with Gasteiger partial charge in [-0.2, -0.15) is 0 Å². The van der Waals surface area contributed by atoms with E-state index in [1.165, 1.54) is 18.9 Å². The van der Waals surface area contributed by atoms with Gasteiger partial charge in [-0.3, -0.25) is 0 Å². The van der Waals surface area contributed by atoms with E-state index in [4.69, 9.17) is 0 Å². The zero-order valence-corrected chi connectivity index (χ0v) is 11.8. The van der Waals surface area contributed by atoms with Gasteiger partial charge in [-0.25, -0.2) is 14.4 Å². The molecule has 1 aliphatic rings. The van der Waals surface area contributed by atoms with Crippen molar-refractivity contribution in [3.63, 3.8) is 0 Å². The Labute approximate surface area is 118 Å². The molecule has 0 spiro atoms. The number of anilines is 1. The fraction of sp³-hybridized carbons (Fsp3) is 0.375. The summed E-state index contributed by atoms with van der Waals surface area (Å²) in [6, 6.07) is 7.16. The lowest BCUT2D eigenvalue weighted by Gasteiger charge is -2.09. The largest absolute Gasteiger partial charge is 0.370 e. The molecular weight excluding hydrogens is 253 g/mol. The molecule has 1 fully saturated rings. The highest BCUT2D eigenvalue weighted by molar-refractivity contribution is 5.58. The summed E-state index contributed by atoms with van der Waals surface area (Å²) in [5, 5.41) is 3.22. The van der Waals surface area contributed by atoms with Crippen molar-refractivity contribution < 1.29 is 4.39 Å². The molecule has 2 aromatic rings. The number of halogens is 1. The highest BCUT2D eigenvalue weighted by Gasteiger charge is 2.26. The van der Waals surface area contributed by atoms with Crippen LogP contribution in [0.1, 0.15) is 36.9 Å². The Hall–Kier alpha value is -1.97. The second kappa shape index (κ2) is 5.19. The van der Waals surface area contributed by atoms with Crippen molar-refractivity contribution in [1.82, 2.24) is 9.97 Å². The Bertz CT molecular complexity index is 636. The monoisotopic (exact) mass is 271 g/mol. The summed E-state index contributed by atoms with van der Waals surface area (Å²) >= 11 is 0. The number of aryl methyl sites for hydroxylation is 1. The van der Waals surface area contributed by atoms with Gasteiger partial charge in [0.25, 0.3) is 0 Å².